The maximum absolute atomic E-state index is 12.3. The Morgan fingerprint density at radius 3 is 2.50 bits per heavy atom. The number of aryl methyl sites for hydroxylation is 2. The first kappa shape index (κ1) is 19.8. The molecule has 0 fully saturated rings. The van der Waals surface area contributed by atoms with E-state index in [0.29, 0.717) is 21.6 Å². The Labute approximate surface area is 167 Å². The molecule has 0 bridgehead atoms. The Morgan fingerprint density at radius 1 is 1.07 bits per heavy atom. The molecule has 1 atom stereocenters. The number of nitrogens with one attached hydrogen (secondary N) is 1. The van der Waals surface area contributed by atoms with Gasteiger partial charge in [0.2, 0.25) is 0 Å². The first-order valence-electron chi connectivity index (χ1n) is 8.80. The fraction of sp³-hybridized carbons (Fsp3) is 0.238. The van der Waals surface area contributed by atoms with Crippen molar-refractivity contribution in [2.45, 2.75) is 26.8 Å². The van der Waals surface area contributed by atoms with Crippen LogP contribution in [0.3, 0.4) is 0 Å². The minimum absolute atomic E-state index is 0.257. The smallest absolute Gasteiger partial charge is 0.338 e. The molecule has 2 aromatic carbocycles. The summed E-state index contributed by atoms with van der Waals surface area (Å²) in [4.78, 5) is 33.2. The maximum atomic E-state index is 12.3. The Bertz CT molecular complexity index is 1050. The van der Waals surface area contributed by atoms with E-state index in [1.807, 2.05) is 32.9 Å². The first-order valence-corrected chi connectivity index (χ1v) is 9.18. The van der Waals surface area contributed by atoms with Crippen molar-refractivity contribution in [2.24, 2.45) is 0 Å². The highest BCUT2D eigenvalue weighted by atomic mass is 35.5. The van der Waals surface area contributed by atoms with Gasteiger partial charge in [0, 0.05) is 5.02 Å². The molecule has 1 N–H and O–H groups in total. The number of fused-ring (bicyclic) bond motifs is 1. The topological polar surface area (TPSA) is 81.2 Å². The molecule has 0 spiro atoms. The molecule has 0 aliphatic carbocycles. The standard InChI is InChI=1S/C21H20ClN3O3/c1-12-13(2)24-19-10-16(7-8-18(19)23-12)21(27)28-11-20(26)25-14(3)15-5-4-6-17(22)9-15/h4-10,14H,11H2,1-3H3,(H,25,26)/t14-/m0/s1. The van der Waals surface area contributed by atoms with Crippen molar-refractivity contribution in [3.63, 3.8) is 0 Å². The van der Waals surface area contributed by atoms with E-state index < -0.39 is 11.9 Å². The van der Waals surface area contributed by atoms with Gasteiger partial charge in [0.05, 0.1) is 34.0 Å². The molecule has 0 unspecified atom stereocenters. The van der Waals surface area contributed by atoms with Crippen LogP contribution in [0.4, 0.5) is 0 Å². The molecule has 1 amide bonds. The number of hydrogen-bond acceptors (Lipinski definition) is 5. The van der Waals surface area contributed by atoms with Crippen LogP contribution in [0.25, 0.3) is 11.0 Å². The number of carbonyl (C=O) groups excluding carboxylic acids is 2. The van der Waals surface area contributed by atoms with Gasteiger partial charge in [0.1, 0.15) is 0 Å². The zero-order valence-corrected chi connectivity index (χ0v) is 16.6. The molecule has 0 saturated heterocycles. The molecule has 6 nitrogen and oxygen atoms in total. The van der Waals surface area contributed by atoms with Gasteiger partial charge in [-0.05, 0) is 56.7 Å². The van der Waals surface area contributed by atoms with Crippen molar-refractivity contribution < 1.29 is 14.3 Å². The number of carbonyl (C=O) groups is 2. The van der Waals surface area contributed by atoms with E-state index >= 15 is 0 Å². The van der Waals surface area contributed by atoms with Crippen LogP contribution in [0.5, 0.6) is 0 Å². The van der Waals surface area contributed by atoms with Gasteiger partial charge in [0.15, 0.2) is 6.61 Å². The molecule has 3 rings (SSSR count). The van der Waals surface area contributed by atoms with Crippen LogP contribution < -0.4 is 5.32 Å². The third kappa shape index (κ3) is 4.64. The lowest BCUT2D eigenvalue weighted by Gasteiger charge is -2.14. The number of hydrogen-bond donors (Lipinski definition) is 1. The molecule has 3 aromatic rings. The summed E-state index contributed by atoms with van der Waals surface area (Å²) in [7, 11) is 0. The van der Waals surface area contributed by atoms with Crippen molar-refractivity contribution in [2.75, 3.05) is 6.61 Å². The lowest BCUT2D eigenvalue weighted by atomic mass is 10.1. The molecule has 0 aliphatic rings. The number of aromatic nitrogens is 2. The summed E-state index contributed by atoms with van der Waals surface area (Å²) in [5.74, 6) is -0.986. The minimum Gasteiger partial charge on any atom is -0.452 e. The Hall–Kier alpha value is -2.99. The SMILES string of the molecule is Cc1nc2ccc(C(=O)OCC(=O)N[C@@H](C)c3cccc(Cl)c3)cc2nc1C. The van der Waals surface area contributed by atoms with Gasteiger partial charge >= 0.3 is 5.97 Å². The quantitative estimate of drug-likeness (QED) is 0.659. The van der Waals surface area contributed by atoms with Gasteiger partial charge in [-0.2, -0.15) is 0 Å². The van der Waals surface area contributed by atoms with E-state index in [2.05, 4.69) is 15.3 Å². The van der Waals surface area contributed by atoms with Crippen molar-refractivity contribution in [3.05, 3.63) is 70.0 Å². The predicted octanol–water partition coefficient (Wildman–Crippen LogP) is 3.93. The number of nitrogens with zero attached hydrogens (tertiary/aromatic N) is 2. The molecule has 144 valence electrons. The van der Waals surface area contributed by atoms with Gasteiger partial charge in [-0.3, -0.25) is 4.79 Å². The molecular weight excluding hydrogens is 378 g/mol. The van der Waals surface area contributed by atoms with Crippen molar-refractivity contribution in [1.82, 2.24) is 15.3 Å². The van der Waals surface area contributed by atoms with Crippen molar-refractivity contribution >= 4 is 34.5 Å². The predicted molar refractivity (Wildman–Crippen MR) is 107 cm³/mol. The second kappa shape index (κ2) is 8.35. The fourth-order valence-corrected chi connectivity index (χ4v) is 2.91. The molecule has 1 aromatic heterocycles. The van der Waals surface area contributed by atoms with Crippen LogP contribution in [-0.4, -0.2) is 28.5 Å². The van der Waals surface area contributed by atoms with E-state index in [9.17, 15) is 9.59 Å². The third-order valence-corrected chi connectivity index (χ3v) is 4.61. The molecule has 0 saturated carbocycles. The number of halogens is 1. The Morgan fingerprint density at radius 2 is 1.79 bits per heavy atom. The summed E-state index contributed by atoms with van der Waals surface area (Å²) < 4.78 is 5.13. The van der Waals surface area contributed by atoms with Gasteiger partial charge < -0.3 is 10.1 Å². The highest BCUT2D eigenvalue weighted by molar-refractivity contribution is 6.30. The van der Waals surface area contributed by atoms with Crippen LogP contribution >= 0.6 is 11.6 Å². The summed E-state index contributed by atoms with van der Waals surface area (Å²) in [5.41, 5.74) is 4.14. The van der Waals surface area contributed by atoms with Crippen molar-refractivity contribution in [1.29, 1.82) is 0 Å². The second-order valence-electron chi connectivity index (χ2n) is 6.52. The highest BCUT2D eigenvalue weighted by Gasteiger charge is 2.14. The summed E-state index contributed by atoms with van der Waals surface area (Å²) in [6.07, 6.45) is 0. The van der Waals surface area contributed by atoms with Crippen LogP contribution in [0.1, 0.15) is 40.3 Å². The monoisotopic (exact) mass is 397 g/mol. The Kier molecular flexibility index (Phi) is 5.90. The van der Waals surface area contributed by atoms with E-state index in [0.717, 1.165) is 17.0 Å². The van der Waals surface area contributed by atoms with E-state index in [4.69, 9.17) is 16.3 Å². The summed E-state index contributed by atoms with van der Waals surface area (Å²) in [6.45, 7) is 5.20. The maximum Gasteiger partial charge on any atom is 0.338 e. The largest absolute Gasteiger partial charge is 0.452 e. The molecule has 1 heterocycles. The zero-order chi connectivity index (χ0) is 20.3. The average molecular weight is 398 g/mol. The molecular formula is C21H20ClN3O3. The number of rotatable bonds is 5. The van der Waals surface area contributed by atoms with Crippen LogP contribution in [-0.2, 0) is 9.53 Å². The summed E-state index contributed by atoms with van der Waals surface area (Å²) >= 11 is 5.96. The number of amides is 1. The molecule has 7 heteroatoms. The average Bonchev–Trinajstić information content (AvgIpc) is 2.66. The fourth-order valence-electron chi connectivity index (χ4n) is 2.71. The van der Waals surface area contributed by atoms with Gasteiger partial charge in [-0.1, -0.05) is 23.7 Å². The summed E-state index contributed by atoms with van der Waals surface area (Å²) in [5, 5.41) is 3.37. The van der Waals surface area contributed by atoms with E-state index in [-0.39, 0.29) is 12.6 Å². The number of esters is 1. The van der Waals surface area contributed by atoms with Gasteiger partial charge in [-0.15, -0.1) is 0 Å². The Balaban J connectivity index is 1.61. The van der Waals surface area contributed by atoms with Gasteiger partial charge in [-0.25, -0.2) is 14.8 Å². The van der Waals surface area contributed by atoms with Crippen molar-refractivity contribution in [3.8, 4) is 0 Å². The highest BCUT2D eigenvalue weighted by Crippen LogP contribution is 2.18. The summed E-state index contributed by atoms with van der Waals surface area (Å²) in [6, 6.07) is 11.9. The molecule has 0 aliphatic heterocycles. The number of ether oxygens (including phenoxy) is 1. The van der Waals surface area contributed by atoms with Gasteiger partial charge in [0.25, 0.3) is 5.91 Å². The van der Waals surface area contributed by atoms with Crippen LogP contribution in [0.2, 0.25) is 5.02 Å². The number of benzene rings is 2. The minimum atomic E-state index is -0.590. The first-order chi connectivity index (χ1) is 13.3. The lowest BCUT2D eigenvalue weighted by Crippen LogP contribution is -2.31. The van der Waals surface area contributed by atoms with E-state index in [1.165, 1.54) is 0 Å². The molecule has 28 heavy (non-hydrogen) atoms. The normalized spacial score (nSPS) is 11.9. The van der Waals surface area contributed by atoms with Crippen LogP contribution in [0.15, 0.2) is 42.5 Å². The zero-order valence-electron chi connectivity index (χ0n) is 15.8. The third-order valence-electron chi connectivity index (χ3n) is 4.37. The van der Waals surface area contributed by atoms with Crippen LogP contribution in [0, 0.1) is 13.8 Å². The second-order valence-corrected chi connectivity index (χ2v) is 6.95. The molecule has 0 radical (unpaired) electrons. The lowest BCUT2D eigenvalue weighted by molar-refractivity contribution is -0.124. The van der Waals surface area contributed by atoms with E-state index in [1.54, 1.807) is 30.3 Å².